The summed E-state index contributed by atoms with van der Waals surface area (Å²) in [5, 5.41) is 9.32. The summed E-state index contributed by atoms with van der Waals surface area (Å²) < 4.78 is 45.7. The lowest BCUT2D eigenvalue weighted by molar-refractivity contribution is -0.274. The average molecular weight is 391 g/mol. The highest BCUT2D eigenvalue weighted by atomic mass is 19.4. The molecular weight excluding hydrogens is 375 g/mol. The first-order valence-corrected chi connectivity index (χ1v) is 8.30. The molecule has 9 heteroatoms. The molecule has 1 amide bonds. The number of benzene rings is 2. The van der Waals surface area contributed by atoms with Gasteiger partial charge in [0.05, 0.1) is 12.3 Å². The number of halogens is 3. The topological polar surface area (TPSA) is 76.2 Å². The molecule has 0 saturated carbocycles. The number of nitrogens with zero attached hydrogens (tertiary/aromatic N) is 1. The van der Waals surface area contributed by atoms with Crippen LogP contribution in [0.1, 0.15) is 17.4 Å². The van der Waals surface area contributed by atoms with Gasteiger partial charge >= 0.3 is 6.36 Å². The number of ether oxygens (including phenoxy) is 2. The van der Waals surface area contributed by atoms with E-state index in [4.69, 9.17) is 4.74 Å². The molecule has 0 saturated heterocycles. The molecule has 0 spiro atoms. The second-order valence-electron chi connectivity index (χ2n) is 5.65. The van der Waals surface area contributed by atoms with Gasteiger partial charge in [0, 0.05) is 11.3 Å². The summed E-state index contributed by atoms with van der Waals surface area (Å²) in [6.45, 7) is 2.46. The van der Waals surface area contributed by atoms with E-state index in [1.807, 2.05) is 19.1 Å². The molecule has 0 bridgehead atoms. The maximum absolute atomic E-state index is 12.3. The summed E-state index contributed by atoms with van der Waals surface area (Å²) in [6, 6.07) is 13.7. The average Bonchev–Trinajstić information content (AvgIpc) is 3.13. The molecule has 0 aliphatic rings. The maximum atomic E-state index is 12.3. The van der Waals surface area contributed by atoms with Crippen molar-refractivity contribution in [2.75, 3.05) is 11.9 Å². The van der Waals surface area contributed by atoms with Crippen molar-refractivity contribution in [3.8, 4) is 22.8 Å². The fourth-order valence-electron chi connectivity index (χ4n) is 2.41. The molecule has 6 nitrogen and oxygen atoms in total. The summed E-state index contributed by atoms with van der Waals surface area (Å²) in [4.78, 5) is 12.3. The van der Waals surface area contributed by atoms with Crippen LogP contribution < -0.4 is 14.8 Å². The van der Waals surface area contributed by atoms with Crippen LogP contribution in [-0.2, 0) is 0 Å². The standard InChI is InChI=1S/C19H16F3N3O3/c1-2-27-14-7-3-12(4-8-14)16-11-17(25-24-16)18(26)23-13-5-9-15(10-6-13)28-19(20,21)22/h3-11H,2H2,1H3,(H,23,26)(H,24,25). The predicted octanol–water partition coefficient (Wildman–Crippen LogP) is 4.63. The molecule has 146 valence electrons. The number of alkyl halides is 3. The SMILES string of the molecule is CCOc1ccc(-c2cc(C(=O)Nc3ccc(OC(F)(F)F)cc3)[nH]n2)cc1. The second-order valence-corrected chi connectivity index (χ2v) is 5.65. The fraction of sp³-hybridized carbons (Fsp3) is 0.158. The lowest BCUT2D eigenvalue weighted by Crippen LogP contribution is -2.17. The Morgan fingerprint density at radius 2 is 1.71 bits per heavy atom. The summed E-state index contributed by atoms with van der Waals surface area (Å²) in [5.41, 5.74) is 1.89. The molecular formula is C19H16F3N3O3. The Morgan fingerprint density at radius 1 is 1.07 bits per heavy atom. The van der Waals surface area contributed by atoms with Crippen LogP contribution in [0.3, 0.4) is 0 Å². The molecule has 3 rings (SSSR count). The molecule has 0 aliphatic heterocycles. The first kappa shape index (κ1) is 19.3. The van der Waals surface area contributed by atoms with Gasteiger partial charge in [-0.15, -0.1) is 13.2 Å². The summed E-state index contributed by atoms with van der Waals surface area (Å²) in [5.74, 6) is -0.114. The number of hydrogen-bond donors (Lipinski definition) is 2. The second kappa shape index (κ2) is 8.03. The number of nitrogens with one attached hydrogen (secondary N) is 2. The van der Waals surface area contributed by atoms with Crippen LogP contribution >= 0.6 is 0 Å². The van der Waals surface area contributed by atoms with E-state index >= 15 is 0 Å². The van der Waals surface area contributed by atoms with E-state index in [1.165, 1.54) is 12.1 Å². The first-order chi connectivity index (χ1) is 13.3. The van der Waals surface area contributed by atoms with E-state index < -0.39 is 12.3 Å². The van der Waals surface area contributed by atoms with Gasteiger partial charge in [-0.2, -0.15) is 5.10 Å². The Morgan fingerprint density at radius 3 is 2.32 bits per heavy atom. The third-order valence-corrected chi connectivity index (χ3v) is 3.63. The minimum Gasteiger partial charge on any atom is -0.494 e. The first-order valence-electron chi connectivity index (χ1n) is 8.30. The monoisotopic (exact) mass is 391 g/mol. The van der Waals surface area contributed by atoms with E-state index in [1.54, 1.807) is 18.2 Å². The zero-order valence-corrected chi connectivity index (χ0v) is 14.7. The van der Waals surface area contributed by atoms with Crippen molar-refractivity contribution in [1.82, 2.24) is 10.2 Å². The van der Waals surface area contributed by atoms with Crippen molar-refractivity contribution in [1.29, 1.82) is 0 Å². The molecule has 3 aromatic rings. The number of carbonyl (C=O) groups is 1. The molecule has 0 fully saturated rings. The third kappa shape index (κ3) is 5.03. The molecule has 0 atom stereocenters. The van der Waals surface area contributed by atoms with Crippen molar-refractivity contribution in [3.05, 3.63) is 60.3 Å². The highest BCUT2D eigenvalue weighted by Gasteiger charge is 2.31. The number of amides is 1. The number of aromatic amines is 1. The molecule has 0 radical (unpaired) electrons. The van der Waals surface area contributed by atoms with Gasteiger partial charge in [-0.05, 0) is 61.5 Å². The molecule has 0 unspecified atom stereocenters. The number of hydrogen-bond acceptors (Lipinski definition) is 4. The Labute approximate surface area is 158 Å². The van der Waals surface area contributed by atoms with Crippen LogP contribution in [0, 0.1) is 0 Å². The van der Waals surface area contributed by atoms with E-state index in [0.717, 1.165) is 23.4 Å². The van der Waals surface area contributed by atoms with Gasteiger partial charge in [-0.25, -0.2) is 0 Å². The fourth-order valence-corrected chi connectivity index (χ4v) is 2.41. The Hall–Kier alpha value is -3.49. The number of carbonyl (C=O) groups excluding carboxylic acids is 1. The lowest BCUT2D eigenvalue weighted by atomic mass is 10.1. The van der Waals surface area contributed by atoms with Crippen LogP contribution in [0.2, 0.25) is 0 Å². The third-order valence-electron chi connectivity index (χ3n) is 3.63. The number of anilines is 1. The zero-order valence-electron chi connectivity index (χ0n) is 14.7. The molecule has 1 aromatic heterocycles. The van der Waals surface area contributed by atoms with Crippen LogP contribution in [0.25, 0.3) is 11.3 Å². The number of rotatable bonds is 6. The van der Waals surface area contributed by atoms with Crippen molar-refractivity contribution < 1.29 is 27.4 Å². The number of aromatic nitrogens is 2. The van der Waals surface area contributed by atoms with Crippen molar-refractivity contribution in [3.63, 3.8) is 0 Å². The summed E-state index contributed by atoms with van der Waals surface area (Å²) in [7, 11) is 0. The normalized spacial score (nSPS) is 11.1. The van der Waals surface area contributed by atoms with E-state index in [9.17, 15) is 18.0 Å². The highest BCUT2D eigenvalue weighted by molar-refractivity contribution is 6.03. The van der Waals surface area contributed by atoms with Gasteiger partial charge in [0.25, 0.3) is 5.91 Å². The van der Waals surface area contributed by atoms with Crippen molar-refractivity contribution in [2.45, 2.75) is 13.3 Å². The van der Waals surface area contributed by atoms with Gasteiger partial charge in [0.1, 0.15) is 17.2 Å². The quantitative estimate of drug-likeness (QED) is 0.643. The molecule has 28 heavy (non-hydrogen) atoms. The van der Waals surface area contributed by atoms with Gasteiger partial charge in [-0.3, -0.25) is 9.89 Å². The Kier molecular flexibility index (Phi) is 5.53. The van der Waals surface area contributed by atoms with Crippen LogP contribution in [-0.4, -0.2) is 29.1 Å². The summed E-state index contributed by atoms with van der Waals surface area (Å²) >= 11 is 0. The van der Waals surface area contributed by atoms with Gasteiger partial charge in [-0.1, -0.05) is 0 Å². The van der Waals surface area contributed by atoms with Crippen LogP contribution in [0.4, 0.5) is 18.9 Å². The van der Waals surface area contributed by atoms with Gasteiger partial charge in [0.2, 0.25) is 0 Å². The number of H-pyrrole nitrogens is 1. The van der Waals surface area contributed by atoms with Gasteiger partial charge < -0.3 is 14.8 Å². The predicted molar refractivity (Wildman–Crippen MR) is 96.3 cm³/mol. The van der Waals surface area contributed by atoms with E-state index in [0.29, 0.717) is 18.0 Å². The minimum atomic E-state index is -4.77. The minimum absolute atomic E-state index is 0.208. The molecule has 0 aliphatic carbocycles. The maximum Gasteiger partial charge on any atom is 0.573 e. The zero-order chi connectivity index (χ0) is 20.1. The summed E-state index contributed by atoms with van der Waals surface area (Å²) in [6.07, 6.45) is -4.77. The molecule has 2 N–H and O–H groups in total. The Balaban J connectivity index is 1.65. The van der Waals surface area contributed by atoms with Crippen molar-refractivity contribution >= 4 is 11.6 Å². The highest BCUT2D eigenvalue weighted by Crippen LogP contribution is 2.25. The van der Waals surface area contributed by atoms with Crippen molar-refractivity contribution in [2.24, 2.45) is 0 Å². The smallest absolute Gasteiger partial charge is 0.494 e. The van der Waals surface area contributed by atoms with Gasteiger partial charge in [0.15, 0.2) is 0 Å². The van der Waals surface area contributed by atoms with E-state index in [2.05, 4.69) is 20.3 Å². The Bertz CT molecular complexity index is 936. The van der Waals surface area contributed by atoms with E-state index in [-0.39, 0.29) is 11.4 Å². The van der Waals surface area contributed by atoms with Crippen LogP contribution in [0.15, 0.2) is 54.6 Å². The molecule has 1 heterocycles. The lowest BCUT2D eigenvalue weighted by Gasteiger charge is -2.09. The molecule has 2 aromatic carbocycles. The largest absolute Gasteiger partial charge is 0.573 e. The van der Waals surface area contributed by atoms with Crippen LogP contribution in [0.5, 0.6) is 11.5 Å².